The standard InChI is InChI=1S/C10H15N3O4S2/c11-8(9(14)15)7-6-18-10(12-7)13-2-1-4-19(16,17)5-3-13/h6,8H,1-5,11H2,(H,14,15). The van der Waals surface area contributed by atoms with Gasteiger partial charge in [-0.2, -0.15) is 0 Å². The fourth-order valence-corrected chi connectivity index (χ4v) is 4.01. The number of carboxylic acids is 1. The van der Waals surface area contributed by atoms with Crippen molar-refractivity contribution in [3.05, 3.63) is 11.1 Å². The SMILES string of the molecule is NC(C(=O)O)c1csc(N2CCCS(=O)(=O)CC2)n1. The molecule has 0 aliphatic carbocycles. The van der Waals surface area contributed by atoms with Crippen molar-refractivity contribution >= 4 is 32.3 Å². The maximum atomic E-state index is 11.5. The molecule has 106 valence electrons. The summed E-state index contributed by atoms with van der Waals surface area (Å²) in [7, 11) is -2.97. The molecule has 0 radical (unpaired) electrons. The molecule has 7 nitrogen and oxygen atoms in total. The third-order valence-electron chi connectivity index (χ3n) is 2.92. The van der Waals surface area contributed by atoms with E-state index >= 15 is 0 Å². The minimum absolute atomic E-state index is 0.104. The third-order valence-corrected chi connectivity index (χ3v) is 5.56. The number of carbonyl (C=O) groups is 1. The molecule has 9 heteroatoms. The lowest BCUT2D eigenvalue weighted by Crippen LogP contribution is -2.27. The van der Waals surface area contributed by atoms with Gasteiger partial charge in [-0.25, -0.2) is 13.4 Å². The van der Waals surface area contributed by atoms with Crippen LogP contribution in [0.25, 0.3) is 0 Å². The van der Waals surface area contributed by atoms with Gasteiger partial charge in [-0.1, -0.05) is 0 Å². The van der Waals surface area contributed by atoms with Gasteiger partial charge >= 0.3 is 5.97 Å². The fraction of sp³-hybridized carbons (Fsp3) is 0.600. The van der Waals surface area contributed by atoms with Crippen LogP contribution in [0.1, 0.15) is 18.2 Å². The van der Waals surface area contributed by atoms with Crippen LogP contribution in [0.5, 0.6) is 0 Å². The summed E-state index contributed by atoms with van der Waals surface area (Å²) in [5.41, 5.74) is 5.79. The molecule has 1 atom stereocenters. The summed E-state index contributed by atoms with van der Waals surface area (Å²) in [6.45, 7) is 0.992. The highest BCUT2D eigenvalue weighted by atomic mass is 32.2. The Morgan fingerprint density at radius 2 is 2.21 bits per heavy atom. The highest BCUT2D eigenvalue weighted by molar-refractivity contribution is 7.91. The largest absolute Gasteiger partial charge is 0.480 e. The Bertz CT molecular complexity index is 569. The molecule has 0 bridgehead atoms. The minimum atomic E-state index is -2.97. The summed E-state index contributed by atoms with van der Waals surface area (Å²) in [5, 5.41) is 11.0. The molecule has 0 saturated carbocycles. The summed E-state index contributed by atoms with van der Waals surface area (Å²) in [6.07, 6.45) is 0.558. The molecular formula is C10H15N3O4S2. The van der Waals surface area contributed by atoms with E-state index < -0.39 is 21.8 Å². The molecule has 2 rings (SSSR count). The van der Waals surface area contributed by atoms with Gasteiger partial charge in [0.05, 0.1) is 17.2 Å². The number of nitrogens with two attached hydrogens (primary N) is 1. The van der Waals surface area contributed by atoms with Gasteiger partial charge in [-0.05, 0) is 6.42 Å². The topological polar surface area (TPSA) is 114 Å². The van der Waals surface area contributed by atoms with Gasteiger partial charge in [0, 0.05) is 18.5 Å². The van der Waals surface area contributed by atoms with Gasteiger partial charge in [0.25, 0.3) is 0 Å². The predicted molar refractivity (Wildman–Crippen MR) is 72.2 cm³/mol. The summed E-state index contributed by atoms with van der Waals surface area (Å²) < 4.78 is 23.0. The van der Waals surface area contributed by atoms with Crippen LogP contribution in [-0.2, 0) is 14.6 Å². The van der Waals surface area contributed by atoms with Crippen molar-refractivity contribution in [2.24, 2.45) is 5.73 Å². The van der Waals surface area contributed by atoms with Crippen LogP contribution in [0.2, 0.25) is 0 Å². The van der Waals surface area contributed by atoms with Crippen molar-refractivity contribution in [3.8, 4) is 0 Å². The Kier molecular flexibility index (Phi) is 4.07. The summed E-state index contributed by atoms with van der Waals surface area (Å²) in [5.74, 6) is -0.834. The lowest BCUT2D eigenvalue weighted by molar-refractivity contribution is -0.138. The summed E-state index contributed by atoms with van der Waals surface area (Å²) >= 11 is 1.29. The second-order valence-corrected chi connectivity index (χ2v) is 7.50. The average molecular weight is 305 g/mol. The van der Waals surface area contributed by atoms with Gasteiger partial charge in [-0.15, -0.1) is 11.3 Å². The molecule has 1 aromatic heterocycles. The number of hydrogen-bond acceptors (Lipinski definition) is 7. The lowest BCUT2D eigenvalue weighted by atomic mass is 10.2. The number of carboxylic acid groups (broad SMARTS) is 1. The molecule has 0 aromatic carbocycles. The number of thiazole rings is 1. The van der Waals surface area contributed by atoms with Crippen molar-refractivity contribution in [2.45, 2.75) is 12.5 Å². The number of hydrogen-bond donors (Lipinski definition) is 2. The molecule has 1 fully saturated rings. The van der Waals surface area contributed by atoms with Crippen molar-refractivity contribution in [1.82, 2.24) is 4.98 Å². The zero-order chi connectivity index (χ0) is 14.0. The number of anilines is 1. The third kappa shape index (κ3) is 3.43. The van der Waals surface area contributed by atoms with Crippen molar-refractivity contribution in [2.75, 3.05) is 29.5 Å². The Balaban J connectivity index is 2.12. The van der Waals surface area contributed by atoms with E-state index in [-0.39, 0.29) is 11.5 Å². The van der Waals surface area contributed by atoms with E-state index in [1.54, 1.807) is 5.38 Å². The number of aliphatic carboxylic acids is 1. The number of nitrogens with zero attached hydrogens (tertiary/aromatic N) is 2. The molecular weight excluding hydrogens is 290 g/mol. The van der Waals surface area contributed by atoms with E-state index in [9.17, 15) is 13.2 Å². The van der Waals surface area contributed by atoms with Gasteiger partial charge in [0.15, 0.2) is 15.0 Å². The first-order chi connectivity index (χ1) is 8.89. The Labute approximate surface area is 115 Å². The predicted octanol–water partition coefficient (Wildman–Crippen LogP) is -0.148. The second kappa shape index (κ2) is 5.43. The highest BCUT2D eigenvalue weighted by Gasteiger charge is 2.23. The summed E-state index contributed by atoms with van der Waals surface area (Å²) in [6, 6.07) is -1.14. The Morgan fingerprint density at radius 3 is 2.89 bits per heavy atom. The second-order valence-electron chi connectivity index (χ2n) is 4.36. The number of aromatic nitrogens is 1. The first-order valence-electron chi connectivity index (χ1n) is 5.78. The van der Waals surface area contributed by atoms with Gasteiger partial charge in [-0.3, -0.25) is 4.79 Å². The van der Waals surface area contributed by atoms with Crippen LogP contribution in [0.4, 0.5) is 5.13 Å². The molecule has 1 aromatic rings. The average Bonchev–Trinajstić information content (AvgIpc) is 2.74. The maximum Gasteiger partial charge on any atom is 0.326 e. The first-order valence-corrected chi connectivity index (χ1v) is 8.48. The zero-order valence-corrected chi connectivity index (χ0v) is 11.8. The van der Waals surface area contributed by atoms with Gasteiger partial charge in [0.1, 0.15) is 6.04 Å². The maximum absolute atomic E-state index is 11.5. The Hall–Kier alpha value is -1.19. The zero-order valence-electron chi connectivity index (χ0n) is 10.2. The molecule has 0 spiro atoms. The first kappa shape index (κ1) is 14.2. The van der Waals surface area contributed by atoms with Crippen LogP contribution < -0.4 is 10.6 Å². The van der Waals surface area contributed by atoms with E-state index in [2.05, 4.69) is 4.98 Å². The highest BCUT2D eigenvalue weighted by Crippen LogP contribution is 2.24. The molecule has 1 unspecified atom stereocenters. The number of sulfone groups is 1. The molecule has 1 aliphatic rings. The minimum Gasteiger partial charge on any atom is -0.480 e. The van der Waals surface area contributed by atoms with Crippen LogP contribution in [0.3, 0.4) is 0 Å². The van der Waals surface area contributed by atoms with E-state index in [4.69, 9.17) is 10.8 Å². The normalized spacial score (nSPS) is 20.8. The summed E-state index contributed by atoms with van der Waals surface area (Å²) in [4.78, 5) is 16.8. The molecule has 19 heavy (non-hydrogen) atoms. The molecule has 2 heterocycles. The fourth-order valence-electron chi connectivity index (χ4n) is 1.82. The lowest BCUT2D eigenvalue weighted by Gasteiger charge is -2.18. The van der Waals surface area contributed by atoms with Crippen LogP contribution in [-0.4, -0.2) is 49.1 Å². The van der Waals surface area contributed by atoms with Gasteiger partial charge < -0.3 is 15.7 Å². The van der Waals surface area contributed by atoms with Crippen LogP contribution >= 0.6 is 11.3 Å². The van der Waals surface area contributed by atoms with Crippen molar-refractivity contribution in [1.29, 1.82) is 0 Å². The molecule has 0 amide bonds. The monoisotopic (exact) mass is 305 g/mol. The van der Waals surface area contributed by atoms with Crippen molar-refractivity contribution < 1.29 is 18.3 Å². The molecule has 1 aliphatic heterocycles. The van der Waals surface area contributed by atoms with Crippen LogP contribution in [0.15, 0.2) is 5.38 Å². The van der Waals surface area contributed by atoms with Crippen molar-refractivity contribution in [3.63, 3.8) is 0 Å². The molecule has 3 N–H and O–H groups in total. The van der Waals surface area contributed by atoms with Gasteiger partial charge in [0.2, 0.25) is 0 Å². The van der Waals surface area contributed by atoms with E-state index in [1.807, 2.05) is 4.90 Å². The van der Waals surface area contributed by atoms with E-state index in [1.165, 1.54) is 11.3 Å². The van der Waals surface area contributed by atoms with E-state index in [0.717, 1.165) is 0 Å². The quantitative estimate of drug-likeness (QED) is 0.798. The van der Waals surface area contributed by atoms with Crippen LogP contribution in [0, 0.1) is 0 Å². The number of rotatable bonds is 3. The van der Waals surface area contributed by atoms with E-state index in [0.29, 0.717) is 30.3 Å². The smallest absolute Gasteiger partial charge is 0.326 e. The Morgan fingerprint density at radius 1 is 1.47 bits per heavy atom. The molecule has 1 saturated heterocycles.